The van der Waals surface area contributed by atoms with Crippen LogP contribution in [0.5, 0.6) is 0 Å². The second-order valence-corrected chi connectivity index (χ2v) is 6.89. The molecule has 1 aromatic rings. The second kappa shape index (κ2) is 9.42. The molecule has 0 saturated carbocycles. The van der Waals surface area contributed by atoms with Gasteiger partial charge in [0, 0.05) is 25.9 Å². The van der Waals surface area contributed by atoms with Gasteiger partial charge >= 0.3 is 12.1 Å². The molecule has 0 saturated heterocycles. The van der Waals surface area contributed by atoms with E-state index in [0.29, 0.717) is 12.3 Å². The number of nitrogens with zero attached hydrogens (tertiary/aromatic N) is 1. The Morgan fingerprint density at radius 2 is 1.88 bits per heavy atom. The van der Waals surface area contributed by atoms with E-state index in [1.807, 2.05) is 30.3 Å². The fourth-order valence-corrected chi connectivity index (χ4v) is 2.26. The first kappa shape index (κ1) is 20.2. The second-order valence-electron chi connectivity index (χ2n) is 6.44. The Balaban J connectivity index is 2.73. The molecule has 6 nitrogen and oxygen atoms in total. The molecule has 0 fully saturated rings. The molecule has 1 atom stereocenters. The molecular weight excluding hydrogens is 326 g/mol. The number of hydrogen-bond donors (Lipinski definition) is 3. The van der Waals surface area contributed by atoms with E-state index in [9.17, 15) is 9.59 Å². The number of rotatable bonds is 6. The number of urea groups is 1. The van der Waals surface area contributed by atoms with Gasteiger partial charge in [-0.25, -0.2) is 9.59 Å². The first-order valence-corrected chi connectivity index (χ1v) is 8.50. The Morgan fingerprint density at radius 1 is 1.25 bits per heavy atom. The quantitative estimate of drug-likeness (QED) is 0.689. The number of alkyl carbamates (subject to hydrolysis) is 1. The highest BCUT2D eigenvalue weighted by Gasteiger charge is 2.21. The van der Waals surface area contributed by atoms with E-state index in [0.717, 1.165) is 5.56 Å². The van der Waals surface area contributed by atoms with Crippen LogP contribution in [0.3, 0.4) is 0 Å². The van der Waals surface area contributed by atoms with Crippen molar-refractivity contribution in [2.24, 2.45) is 0 Å². The summed E-state index contributed by atoms with van der Waals surface area (Å²) in [4.78, 5) is 25.6. The van der Waals surface area contributed by atoms with E-state index < -0.39 is 11.7 Å². The molecule has 1 rings (SSSR count). The zero-order chi connectivity index (χ0) is 18.2. The molecule has 0 unspecified atom stereocenters. The lowest BCUT2D eigenvalue weighted by Crippen LogP contribution is -2.44. The van der Waals surface area contributed by atoms with Gasteiger partial charge in [0.25, 0.3) is 0 Å². The average molecular weight is 353 g/mol. The molecule has 0 aromatic heterocycles. The predicted octanol–water partition coefficient (Wildman–Crippen LogP) is 2.82. The summed E-state index contributed by atoms with van der Waals surface area (Å²) in [6, 6.07) is 8.86. The van der Waals surface area contributed by atoms with Crippen molar-refractivity contribution in [2.45, 2.75) is 32.4 Å². The van der Waals surface area contributed by atoms with Gasteiger partial charge in [-0.1, -0.05) is 30.3 Å². The van der Waals surface area contributed by atoms with E-state index in [-0.39, 0.29) is 18.6 Å². The molecule has 0 radical (unpaired) electrons. The summed E-state index contributed by atoms with van der Waals surface area (Å²) in [6.45, 7) is 6.22. The standard InChI is InChI=1S/C17H27N3O3S/c1-17(2,3)23-16(22)19-14(13-8-6-5-7-9-13)12-18-15(21)20(4)10-11-24/h5-9,14,24H,10-12H2,1-4H3,(H,18,21)(H,19,22)/t14-/m1/s1. The van der Waals surface area contributed by atoms with Crippen LogP contribution in [-0.2, 0) is 4.74 Å². The number of ether oxygens (including phenoxy) is 1. The summed E-state index contributed by atoms with van der Waals surface area (Å²) in [5.74, 6) is 0.586. The number of amides is 3. The summed E-state index contributed by atoms with van der Waals surface area (Å²) in [5, 5.41) is 5.62. The van der Waals surface area contributed by atoms with Crippen molar-refractivity contribution in [2.75, 3.05) is 25.9 Å². The van der Waals surface area contributed by atoms with Crippen LogP contribution in [0.25, 0.3) is 0 Å². The number of nitrogens with one attached hydrogen (secondary N) is 2. The van der Waals surface area contributed by atoms with Crippen LogP contribution in [0.1, 0.15) is 32.4 Å². The van der Waals surface area contributed by atoms with Crippen molar-refractivity contribution in [3.63, 3.8) is 0 Å². The van der Waals surface area contributed by atoms with Crippen LogP contribution in [0.2, 0.25) is 0 Å². The largest absolute Gasteiger partial charge is 0.444 e. The van der Waals surface area contributed by atoms with Gasteiger partial charge in [-0.15, -0.1) is 0 Å². The van der Waals surface area contributed by atoms with Gasteiger partial charge in [0.05, 0.1) is 6.04 Å². The first-order chi connectivity index (χ1) is 11.2. The Hall–Kier alpha value is -1.89. The summed E-state index contributed by atoms with van der Waals surface area (Å²) in [7, 11) is 1.70. The molecule has 7 heteroatoms. The third-order valence-corrected chi connectivity index (χ3v) is 3.33. The molecule has 134 valence electrons. The van der Waals surface area contributed by atoms with E-state index in [1.54, 1.807) is 32.7 Å². The molecule has 24 heavy (non-hydrogen) atoms. The molecule has 3 amide bonds. The maximum Gasteiger partial charge on any atom is 0.408 e. The molecule has 0 aliphatic carbocycles. The molecule has 0 aliphatic rings. The van der Waals surface area contributed by atoms with Crippen molar-refractivity contribution in [3.8, 4) is 0 Å². The van der Waals surface area contributed by atoms with Gasteiger partial charge in [-0.3, -0.25) is 0 Å². The Kier molecular flexibility index (Phi) is 7.91. The minimum absolute atomic E-state index is 0.212. The van der Waals surface area contributed by atoms with Crippen LogP contribution in [-0.4, -0.2) is 48.5 Å². The zero-order valence-electron chi connectivity index (χ0n) is 14.7. The van der Waals surface area contributed by atoms with Crippen LogP contribution >= 0.6 is 12.6 Å². The number of thiol groups is 1. The lowest BCUT2D eigenvalue weighted by molar-refractivity contribution is 0.0503. The fourth-order valence-electron chi connectivity index (χ4n) is 1.96. The lowest BCUT2D eigenvalue weighted by atomic mass is 10.1. The molecule has 0 heterocycles. The maximum atomic E-state index is 12.1. The SMILES string of the molecule is CN(CCS)C(=O)NC[C@@H](NC(=O)OC(C)(C)C)c1ccccc1. The molecular formula is C17H27N3O3S. The van der Waals surface area contributed by atoms with Gasteiger partial charge in [-0.05, 0) is 26.3 Å². The Labute approximate surface area is 149 Å². The van der Waals surface area contributed by atoms with Crippen molar-refractivity contribution < 1.29 is 14.3 Å². The van der Waals surface area contributed by atoms with Crippen LogP contribution in [0.4, 0.5) is 9.59 Å². The number of benzene rings is 1. The fraction of sp³-hybridized carbons (Fsp3) is 0.529. The van der Waals surface area contributed by atoms with Crippen molar-refractivity contribution >= 4 is 24.8 Å². The first-order valence-electron chi connectivity index (χ1n) is 7.87. The van der Waals surface area contributed by atoms with Gasteiger partial charge in [0.2, 0.25) is 0 Å². The molecule has 2 N–H and O–H groups in total. The Morgan fingerprint density at radius 3 is 2.42 bits per heavy atom. The summed E-state index contributed by atoms with van der Waals surface area (Å²) < 4.78 is 5.30. The minimum Gasteiger partial charge on any atom is -0.444 e. The van der Waals surface area contributed by atoms with Crippen LogP contribution in [0, 0.1) is 0 Å². The lowest BCUT2D eigenvalue weighted by Gasteiger charge is -2.25. The summed E-state index contributed by atoms with van der Waals surface area (Å²) >= 11 is 4.11. The monoisotopic (exact) mass is 353 g/mol. The molecule has 0 spiro atoms. The number of carbonyl (C=O) groups is 2. The zero-order valence-corrected chi connectivity index (χ0v) is 15.6. The molecule has 0 bridgehead atoms. The van der Waals surface area contributed by atoms with Gasteiger partial charge in [0.1, 0.15) is 5.60 Å². The number of carbonyl (C=O) groups excluding carboxylic acids is 2. The predicted molar refractivity (Wildman–Crippen MR) is 98.4 cm³/mol. The minimum atomic E-state index is -0.582. The van der Waals surface area contributed by atoms with E-state index in [1.165, 1.54) is 0 Å². The van der Waals surface area contributed by atoms with E-state index in [2.05, 4.69) is 23.3 Å². The Bertz CT molecular complexity index is 532. The summed E-state index contributed by atoms with van der Waals surface area (Å²) in [5.41, 5.74) is 0.307. The highest BCUT2D eigenvalue weighted by atomic mass is 32.1. The highest BCUT2D eigenvalue weighted by molar-refractivity contribution is 7.80. The van der Waals surface area contributed by atoms with Crippen molar-refractivity contribution in [3.05, 3.63) is 35.9 Å². The van der Waals surface area contributed by atoms with Crippen LogP contribution in [0.15, 0.2) is 30.3 Å². The maximum absolute atomic E-state index is 12.1. The van der Waals surface area contributed by atoms with Gasteiger partial charge < -0.3 is 20.3 Å². The van der Waals surface area contributed by atoms with Crippen molar-refractivity contribution in [1.29, 1.82) is 0 Å². The number of hydrogen-bond acceptors (Lipinski definition) is 4. The summed E-state index contributed by atoms with van der Waals surface area (Å²) in [6.07, 6.45) is -0.519. The average Bonchev–Trinajstić information content (AvgIpc) is 2.50. The van der Waals surface area contributed by atoms with Gasteiger partial charge in [-0.2, -0.15) is 12.6 Å². The molecule has 0 aliphatic heterocycles. The van der Waals surface area contributed by atoms with Crippen LogP contribution < -0.4 is 10.6 Å². The normalized spacial score (nSPS) is 12.2. The van der Waals surface area contributed by atoms with Crippen molar-refractivity contribution in [1.82, 2.24) is 15.5 Å². The van der Waals surface area contributed by atoms with Gasteiger partial charge in [0.15, 0.2) is 0 Å². The van der Waals surface area contributed by atoms with E-state index >= 15 is 0 Å². The third kappa shape index (κ3) is 7.59. The third-order valence-electron chi connectivity index (χ3n) is 3.13. The van der Waals surface area contributed by atoms with E-state index in [4.69, 9.17) is 4.74 Å². The highest BCUT2D eigenvalue weighted by Crippen LogP contribution is 2.14. The topological polar surface area (TPSA) is 70.7 Å². The smallest absolute Gasteiger partial charge is 0.408 e. The molecule has 1 aromatic carbocycles.